The zero-order valence-corrected chi connectivity index (χ0v) is 11.8. The molecule has 0 N–H and O–H groups in total. The molecule has 0 rings (SSSR count). The minimum atomic E-state index is -0.190. The SMILES string of the molecule is CN(C)CCCN(C)CCC(=O)C(C)(C)C. The van der Waals surface area contributed by atoms with Gasteiger partial charge in [-0.05, 0) is 40.7 Å². The number of nitrogens with zero attached hydrogens (tertiary/aromatic N) is 2. The van der Waals surface area contributed by atoms with E-state index in [1.54, 1.807) is 0 Å². The maximum absolute atomic E-state index is 11.7. The Morgan fingerprint density at radius 2 is 1.56 bits per heavy atom. The topological polar surface area (TPSA) is 23.6 Å². The van der Waals surface area contributed by atoms with Gasteiger partial charge in [-0.25, -0.2) is 0 Å². The molecule has 96 valence electrons. The average Bonchev–Trinajstić information content (AvgIpc) is 2.11. The van der Waals surface area contributed by atoms with Gasteiger partial charge in [-0.2, -0.15) is 0 Å². The molecule has 0 aromatic heterocycles. The van der Waals surface area contributed by atoms with Crippen LogP contribution in [-0.4, -0.2) is 56.4 Å². The van der Waals surface area contributed by atoms with Crippen LogP contribution in [0.2, 0.25) is 0 Å². The van der Waals surface area contributed by atoms with E-state index in [0.29, 0.717) is 12.2 Å². The van der Waals surface area contributed by atoms with Crippen molar-refractivity contribution in [1.82, 2.24) is 9.80 Å². The number of Topliss-reactive ketones (excluding diaryl/α,β-unsaturated/α-hetero) is 1. The summed E-state index contributed by atoms with van der Waals surface area (Å²) in [5.74, 6) is 0.354. The molecular formula is C13H28N2O. The highest BCUT2D eigenvalue weighted by Crippen LogP contribution is 2.16. The lowest BCUT2D eigenvalue weighted by Crippen LogP contribution is -2.29. The first-order chi connectivity index (χ1) is 7.23. The van der Waals surface area contributed by atoms with E-state index in [2.05, 4.69) is 30.9 Å². The fourth-order valence-corrected chi connectivity index (χ4v) is 1.44. The first-order valence-electron chi connectivity index (χ1n) is 6.10. The minimum Gasteiger partial charge on any atom is -0.309 e. The number of hydrogen-bond donors (Lipinski definition) is 0. The lowest BCUT2D eigenvalue weighted by Gasteiger charge is -2.21. The Balaban J connectivity index is 3.65. The summed E-state index contributed by atoms with van der Waals surface area (Å²) in [4.78, 5) is 16.1. The van der Waals surface area contributed by atoms with E-state index >= 15 is 0 Å². The average molecular weight is 228 g/mol. The van der Waals surface area contributed by atoms with Gasteiger partial charge in [-0.3, -0.25) is 4.79 Å². The van der Waals surface area contributed by atoms with Crippen LogP contribution in [0.15, 0.2) is 0 Å². The number of rotatable bonds is 7. The zero-order chi connectivity index (χ0) is 12.8. The van der Waals surface area contributed by atoms with Crippen LogP contribution < -0.4 is 0 Å². The van der Waals surface area contributed by atoms with Gasteiger partial charge in [0, 0.05) is 18.4 Å². The lowest BCUT2D eigenvalue weighted by molar-refractivity contribution is -0.126. The quantitative estimate of drug-likeness (QED) is 0.664. The number of carbonyl (C=O) groups is 1. The van der Waals surface area contributed by atoms with Gasteiger partial charge in [0.2, 0.25) is 0 Å². The molecule has 3 heteroatoms. The lowest BCUT2D eigenvalue weighted by atomic mass is 9.89. The molecule has 3 nitrogen and oxygen atoms in total. The molecule has 0 aromatic rings. The first-order valence-corrected chi connectivity index (χ1v) is 6.10. The molecule has 0 bridgehead atoms. The Morgan fingerprint density at radius 3 is 2.00 bits per heavy atom. The van der Waals surface area contributed by atoms with Crippen LogP contribution in [0, 0.1) is 5.41 Å². The van der Waals surface area contributed by atoms with Gasteiger partial charge in [0.25, 0.3) is 0 Å². The third-order valence-electron chi connectivity index (χ3n) is 2.70. The van der Waals surface area contributed by atoms with Crippen LogP contribution in [0.5, 0.6) is 0 Å². The van der Waals surface area contributed by atoms with Crippen LogP contribution in [0.4, 0.5) is 0 Å². The van der Waals surface area contributed by atoms with Crippen molar-refractivity contribution < 1.29 is 4.79 Å². The van der Waals surface area contributed by atoms with Crippen molar-refractivity contribution in [3.63, 3.8) is 0 Å². The Labute approximate surface area is 101 Å². The van der Waals surface area contributed by atoms with Crippen molar-refractivity contribution >= 4 is 5.78 Å². The second-order valence-electron chi connectivity index (χ2n) is 5.88. The fourth-order valence-electron chi connectivity index (χ4n) is 1.44. The maximum atomic E-state index is 11.7. The molecule has 16 heavy (non-hydrogen) atoms. The molecule has 0 aliphatic rings. The maximum Gasteiger partial charge on any atom is 0.139 e. The van der Waals surface area contributed by atoms with Gasteiger partial charge in [0.15, 0.2) is 0 Å². The largest absolute Gasteiger partial charge is 0.309 e. The third-order valence-corrected chi connectivity index (χ3v) is 2.70. The van der Waals surface area contributed by atoms with Gasteiger partial charge in [-0.1, -0.05) is 20.8 Å². The summed E-state index contributed by atoms with van der Waals surface area (Å²) < 4.78 is 0. The first kappa shape index (κ1) is 15.6. The van der Waals surface area contributed by atoms with E-state index < -0.39 is 0 Å². The highest BCUT2D eigenvalue weighted by atomic mass is 16.1. The Morgan fingerprint density at radius 1 is 1.00 bits per heavy atom. The molecule has 0 spiro atoms. The van der Waals surface area contributed by atoms with E-state index in [-0.39, 0.29) is 5.41 Å². The molecule has 0 aromatic carbocycles. The predicted octanol–water partition coefficient (Wildman–Crippen LogP) is 1.88. The van der Waals surface area contributed by atoms with Gasteiger partial charge in [0.05, 0.1) is 0 Å². The van der Waals surface area contributed by atoms with Crippen molar-refractivity contribution in [2.45, 2.75) is 33.6 Å². The van der Waals surface area contributed by atoms with Gasteiger partial charge >= 0.3 is 0 Å². The van der Waals surface area contributed by atoms with Crippen LogP contribution in [-0.2, 0) is 4.79 Å². The Kier molecular flexibility index (Phi) is 6.84. The standard InChI is InChI=1S/C13H28N2O/c1-13(2,3)12(16)8-11-15(6)10-7-9-14(4)5/h7-11H2,1-6H3. The monoisotopic (exact) mass is 228 g/mol. The molecule has 0 aliphatic carbocycles. The molecule has 0 heterocycles. The van der Waals surface area contributed by atoms with Crippen LogP contribution >= 0.6 is 0 Å². The van der Waals surface area contributed by atoms with Crippen molar-refractivity contribution in [3.8, 4) is 0 Å². The van der Waals surface area contributed by atoms with E-state index in [9.17, 15) is 4.79 Å². The molecule has 0 amide bonds. The Hall–Kier alpha value is -0.410. The second kappa shape index (κ2) is 7.02. The summed E-state index contributed by atoms with van der Waals surface area (Å²) in [5, 5.41) is 0. The van der Waals surface area contributed by atoms with Crippen LogP contribution in [0.1, 0.15) is 33.6 Å². The van der Waals surface area contributed by atoms with Gasteiger partial charge in [0.1, 0.15) is 5.78 Å². The van der Waals surface area contributed by atoms with Gasteiger partial charge < -0.3 is 9.80 Å². The zero-order valence-electron chi connectivity index (χ0n) is 11.8. The summed E-state index contributed by atoms with van der Waals surface area (Å²) in [6, 6.07) is 0. The summed E-state index contributed by atoms with van der Waals surface area (Å²) >= 11 is 0. The molecule has 0 fully saturated rings. The Bertz CT molecular complexity index is 206. The van der Waals surface area contributed by atoms with E-state index in [1.165, 1.54) is 0 Å². The third kappa shape index (κ3) is 7.83. The highest BCUT2D eigenvalue weighted by Gasteiger charge is 2.20. The van der Waals surface area contributed by atoms with Crippen LogP contribution in [0.25, 0.3) is 0 Å². The van der Waals surface area contributed by atoms with Crippen molar-refractivity contribution in [2.24, 2.45) is 5.41 Å². The molecule has 0 aliphatic heterocycles. The van der Waals surface area contributed by atoms with Crippen molar-refractivity contribution in [1.29, 1.82) is 0 Å². The number of hydrogen-bond acceptors (Lipinski definition) is 3. The molecular weight excluding hydrogens is 200 g/mol. The summed E-state index contributed by atoms with van der Waals surface area (Å²) in [5.41, 5.74) is -0.190. The molecule has 0 radical (unpaired) electrons. The van der Waals surface area contributed by atoms with E-state index in [4.69, 9.17) is 0 Å². The van der Waals surface area contributed by atoms with E-state index in [0.717, 1.165) is 26.1 Å². The minimum absolute atomic E-state index is 0.190. The fraction of sp³-hybridized carbons (Fsp3) is 0.923. The number of ketones is 1. The smallest absolute Gasteiger partial charge is 0.139 e. The normalized spacial score (nSPS) is 12.5. The molecule has 0 saturated carbocycles. The molecule has 0 saturated heterocycles. The highest BCUT2D eigenvalue weighted by molar-refractivity contribution is 5.83. The predicted molar refractivity (Wildman–Crippen MR) is 69.7 cm³/mol. The number of carbonyl (C=O) groups excluding carboxylic acids is 1. The molecule has 0 atom stereocenters. The van der Waals surface area contributed by atoms with Gasteiger partial charge in [-0.15, -0.1) is 0 Å². The van der Waals surface area contributed by atoms with E-state index in [1.807, 2.05) is 20.8 Å². The second-order valence-corrected chi connectivity index (χ2v) is 5.88. The van der Waals surface area contributed by atoms with Crippen molar-refractivity contribution in [2.75, 3.05) is 40.8 Å². The summed E-state index contributed by atoms with van der Waals surface area (Å²) in [6.45, 7) is 9.01. The summed E-state index contributed by atoms with van der Waals surface area (Å²) in [6.07, 6.45) is 1.83. The molecule has 0 unspecified atom stereocenters. The van der Waals surface area contributed by atoms with Crippen LogP contribution in [0.3, 0.4) is 0 Å². The summed E-state index contributed by atoms with van der Waals surface area (Å²) in [7, 11) is 6.26. The van der Waals surface area contributed by atoms with Crippen molar-refractivity contribution in [3.05, 3.63) is 0 Å².